The van der Waals surface area contributed by atoms with Crippen LogP contribution in [0.4, 0.5) is 0 Å². The number of halogens is 1. The van der Waals surface area contributed by atoms with Gasteiger partial charge in [-0.1, -0.05) is 0 Å². The highest BCUT2D eigenvalue weighted by Crippen LogP contribution is 2.14. The minimum Gasteiger partial charge on any atom is -0.467 e. The lowest BCUT2D eigenvalue weighted by Crippen LogP contribution is -2.23. The second kappa shape index (κ2) is 5.87. The molecule has 0 unspecified atom stereocenters. The molecule has 0 atom stereocenters. The molecule has 5 nitrogen and oxygen atoms in total. The number of rotatable bonds is 4. The Hall–Kier alpha value is -1.83. The Kier molecular flexibility index (Phi) is 4.20. The van der Waals surface area contributed by atoms with Gasteiger partial charge in [-0.3, -0.25) is 9.59 Å². The van der Waals surface area contributed by atoms with Gasteiger partial charge in [-0.05, 0) is 52.9 Å². The Bertz CT molecular complexity index is 608. The van der Waals surface area contributed by atoms with E-state index < -0.39 is 5.91 Å². The predicted molar refractivity (Wildman–Crippen MR) is 77.6 cm³/mol. The average Bonchev–Trinajstić information content (AvgIpc) is 2.88. The van der Waals surface area contributed by atoms with Crippen LogP contribution >= 0.6 is 22.6 Å². The van der Waals surface area contributed by atoms with Gasteiger partial charge in [0.15, 0.2) is 0 Å². The number of nitrogens with one attached hydrogen (secondary N) is 1. The summed E-state index contributed by atoms with van der Waals surface area (Å²) in [6.45, 7) is 0.319. The SMILES string of the molecule is NC(=O)c1ccc(C(=O)NCc2ccco2)cc1I. The van der Waals surface area contributed by atoms with Gasteiger partial charge in [0.25, 0.3) is 5.91 Å². The van der Waals surface area contributed by atoms with E-state index in [0.717, 1.165) is 0 Å². The Morgan fingerprint density at radius 3 is 2.68 bits per heavy atom. The molecule has 0 aliphatic carbocycles. The molecule has 0 aliphatic heterocycles. The van der Waals surface area contributed by atoms with E-state index in [1.54, 1.807) is 36.6 Å². The number of amides is 2. The van der Waals surface area contributed by atoms with Crippen molar-refractivity contribution in [2.45, 2.75) is 6.54 Å². The smallest absolute Gasteiger partial charge is 0.251 e. The van der Waals surface area contributed by atoms with E-state index >= 15 is 0 Å². The molecule has 1 aromatic carbocycles. The summed E-state index contributed by atoms with van der Waals surface area (Å²) in [5.41, 5.74) is 6.09. The fraction of sp³-hybridized carbons (Fsp3) is 0.0769. The molecule has 2 aromatic rings. The van der Waals surface area contributed by atoms with Crippen molar-refractivity contribution in [3.8, 4) is 0 Å². The molecule has 0 bridgehead atoms. The van der Waals surface area contributed by atoms with Crippen molar-refractivity contribution < 1.29 is 14.0 Å². The molecule has 2 amide bonds. The summed E-state index contributed by atoms with van der Waals surface area (Å²) in [7, 11) is 0. The Morgan fingerprint density at radius 1 is 1.32 bits per heavy atom. The highest BCUT2D eigenvalue weighted by molar-refractivity contribution is 14.1. The van der Waals surface area contributed by atoms with Gasteiger partial charge >= 0.3 is 0 Å². The molecule has 6 heteroatoms. The lowest BCUT2D eigenvalue weighted by molar-refractivity contribution is 0.0945. The van der Waals surface area contributed by atoms with Gasteiger partial charge in [-0.2, -0.15) is 0 Å². The van der Waals surface area contributed by atoms with Crippen LogP contribution in [0, 0.1) is 3.57 Å². The van der Waals surface area contributed by atoms with E-state index in [1.807, 2.05) is 22.6 Å². The number of hydrogen-bond donors (Lipinski definition) is 2. The van der Waals surface area contributed by atoms with Crippen LogP contribution < -0.4 is 11.1 Å². The summed E-state index contributed by atoms with van der Waals surface area (Å²) in [6.07, 6.45) is 1.55. The highest BCUT2D eigenvalue weighted by Gasteiger charge is 2.11. The maximum atomic E-state index is 11.9. The molecule has 0 saturated heterocycles. The van der Waals surface area contributed by atoms with Crippen molar-refractivity contribution in [3.05, 3.63) is 57.1 Å². The minimum absolute atomic E-state index is 0.231. The summed E-state index contributed by atoms with van der Waals surface area (Å²) in [5, 5.41) is 2.73. The first-order valence-electron chi connectivity index (χ1n) is 5.48. The van der Waals surface area contributed by atoms with Crippen LogP contribution in [0.1, 0.15) is 26.5 Å². The second-order valence-electron chi connectivity index (χ2n) is 3.82. The monoisotopic (exact) mass is 370 g/mol. The molecule has 1 aromatic heterocycles. The Labute approximate surface area is 123 Å². The fourth-order valence-corrected chi connectivity index (χ4v) is 2.32. The maximum Gasteiger partial charge on any atom is 0.251 e. The number of furan rings is 1. The number of primary amides is 1. The number of carbonyl (C=O) groups is 2. The summed E-state index contributed by atoms with van der Waals surface area (Å²) >= 11 is 1.97. The summed E-state index contributed by atoms with van der Waals surface area (Å²) in [4.78, 5) is 23.0. The molecule has 0 radical (unpaired) electrons. The third-order valence-electron chi connectivity index (χ3n) is 2.50. The molecule has 0 spiro atoms. The van der Waals surface area contributed by atoms with Gasteiger partial charge in [0.2, 0.25) is 5.91 Å². The summed E-state index contributed by atoms with van der Waals surface area (Å²) in [5.74, 6) is -0.0610. The van der Waals surface area contributed by atoms with Crippen LogP contribution in [0.2, 0.25) is 0 Å². The Morgan fingerprint density at radius 2 is 2.11 bits per heavy atom. The van der Waals surface area contributed by atoms with Crippen LogP contribution in [0.15, 0.2) is 41.0 Å². The topological polar surface area (TPSA) is 85.3 Å². The third-order valence-corrected chi connectivity index (χ3v) is 3.39. The van der Waals surface area contributed by atoms with Crippen LogP contribution in [-0.4, -0.2) is 11.8 Å². The molecular formula is C13H11IN2O3. The fourth-order valence-electron chi connectivity index (χ4n) is 1.54. The van der Waals surface area contributed by atoms with Crippen molar-refractivity contribution in [1.29, 1.82) is 0 Å². The van der Waals surface area contributed by atoms with Crippen molar-refractivity contribution >= 4 is 34.4 Å². The van der Waals surface area contributed by atoms with Gasteiger partial charge in [0, 0.05) is 9.13 Å². The van der Waals surface area contributed by atoms with Crippen molar-refractivity contribution in [2.75, 3.05) is 0 Å². The molecular weight excluding hydrogens is 359 g/mol. The van der Waals surface area contributed by atoms with E-state index in [1.165, 1.54) is 0 Å². The zero-order chi connectivity index (χ0) is 13.8. The van der Waals surface area contributed by atoms with Crippen LogP contribution in [-0.2, 0) is 6.54 Å². The zero-order valence-electron chi connectivity index (χ0n) is 9.85. The molecule has 19 heavy (non-hydrogen) atoms. The van der Waals surface area contributed by atoms with Crippen molar-refractivity contribution in [2.24, 2.45) is 5.73 Å². The van der Waals surface area contributed by atoms with Crippen molar-refractivity contribution in [1.82, 2.24) is 5.32 Å². The van der Waals surface area contributed by atoms with Crippen LogP contribution in [0.25, 0.3) is 0 Å². The summed E-state index contributed by atoms with van der Waals surface area (Å²) in [6, 6.07) is 8.27. The lowest BCUT2D eigenvalue weighted by atomic mass is 10.1. The van der Waals surface area contributed by atoms with Crippen LogP contribution in [0.5, 0.6) is 0 Å². The number of nitrogens with two attached hydrogens (primary N) is 1. The standard InChI is InChI=1S/C13H11IN2O3/c14-11-6-8(3-4-10(11)12(15)17)13(18)16-7-9-2-1-5-19-9/h1-6H,7H2,(H2,15,17)(H,16,18). The third kappa shape index (κ3) is 3.34. The van der Waals surface area contributed by atoms with E-state index in [0.29, 0.717) is 27.0 Å². The number of carbonyl (C=O) groups excluding carboxylic acids is 2. The lowest BCUT2D eigenvalue weighted by Gasteiger charge is -2.05. The van der Waals surface area contributed by atoms with E-state index in [9.17, 15) is 9.59 Å². The zero-order valence-corrected chi connectivity index (χ0v) is 12.0. The highest BCUT2D eigenvalue weighted by atomic mass is 127. The molecule has 0 aliphatic rings. The largest absolute Gasteiger partial charge is 0.467 e. The second-order valence-corrected chi connectivity index (χ2v) is 4.98. The van der Waals surface area contributed by atoms with Gasteiger partial charge in [0.1, 0.15) is 5.76 Å². The summed E-state index contributed by atoms with van der Waals surface area (Å²) < 4.78 is 5.77. The van der Waals surface area contributed by atoms with Crippen molar-refractivity contribution in [3.63, 3.8) is 0 Å². The van der Waals surface area contributed by atoms with Crippen LogP contribution in [0.3, 0.4) is 0 Å². The molecule has 2 rings (SSSR count). The van der Waals surface area contributed by atoms with E-state index in [4.69, 9.17) is 10.2 Å². The van der Waals surface area contributed by atoms with Gasteiger partial charge < -0.3 is 15.5 Å². The maximum absolute atomic E-state index is 11.9. The first-order chi connectivity index (χ1) is 9.08. The average molecular weight is 370 g/mol. The first kappa shape index (κ1) is 13.6. The number of benzene rings is 1. The Balaban J connectivity index is 2.07. The normalized spacial score (nSPS) is 10.2. The quantitative estimate of drug-likeness (QED) is 0.807. The van der Waals surface area contributed by atoms with E-state index in [-0.39, 0.29) is 5.91 Å². The number of hydrogen-bond acceptors (Lipinski definition) is 3. The predicted octanol–water partition coefficient (Wildman–Crippen LogP) is 1.91. The molecule has 0 saturated carbocycles. The van der Waals surface area contributed by atoms with E-state index in [2.05, 4.69) is 5.32 Å². The molecule has 0 fully saturated rings. The first-order valence-corrected chi connectivity index (χ1v) is 6.55. The van der Waals surface area contributed by atoms with Gasteiger partial charge in [0.05, 0.1) is 18.4 Å². The van der Waals surface area contributed by atoms with Gasteiger partial charge in [-0.25, -0.2) is 0 Å². The molecule has 98 valence electrons. The molecule has 3 N–H and O–H groups in total. The van der Waals surface area contributed by atoms with Gasteiger partial charge in [-0.15, -0.1) is 0 Å². The molecule has 1 heterocycles. The minimum atomic E-state index is -0.507.